The van der Waals surface area contributed by atoms with E-state index in [-0.39, 0.29) is 6.61 Å². The highest BCUT2D eigenvalue weighted by molar-refractivity contribution is 9.10. The molecule has 2 rings (SSSR count). The molecule has 0 atom stereocenters. The molecule has 0 bridgehead atoms. The predicted molar refractivity (Wildman–Crippen MR) is 87.9 cm³/mol. The van der Waals surface area contributed by atoms with Gasteiger partial charge in [0.25, 0.3) is 0 Å². The number of rotatable bonds is 7. The molecule has 0 saturated heterocycles. The Bertz CT molecular complexity index is 574. The second-order valence-electron chi connectivity index (χ2n) is 4.82. The van der Waals surface area contributed by atoms with Gasteiger partial charge in [-0.2, -0.15) is 0 Å². The molecule has 0 aliphatic carbocycles. The van der Waals surface area contributed by atoms with Crippen LogP contribution in [0, 0.1) is 0 Å². The van der Waals surface area contributed by atoms with Gasteiger partial charge >= 0.3 is 0 Å². The van der Waals surface area contributed by atoms with Crippen LogP contribution in [-0.4, -0.2) is 23.2 Å². The summed E-state index contributed by atoms with van der Waals surface area (Å²) in [5.74, 6) is 0. The minimum atomic E-state index is 0.287. The molecule has 0 saturated carbocycles. The third-order valence-corrected chi connectivity index (χ3v) is 3.68. The fourth-order valence-electron chi connectivity index (χ4n) is 2.17. The van der Waals surface area contributed by atoms with E-state index < -0.39 is 0 Å². The van der Waals surface area contributed by atoms with Crippen LogP contribution in [0.5, 0.6) is 0 Å². The summed E-state index contributed by atoms with van der Waals surface area (Å²) in [7, 11) is 0. The summed E-state index contributed by atoms with van der Waals surface area (Å²) in [5.41, 5.74) is 8.65. The van der Waals surface area contributed by atoms with Crippen LogP contribution in [0.2, 0.25) is 0 Å². The first-order valence-electron chi connectivity index (χ1n) is 6.91. The van der Waals surface area contributed by atoms with Crippen LogP contribution in [0.25, 0.3) is 10.9 Å². The van der Waals surface area contributed by atoms with Gasteiger partial charge in [0, 0.05) is 34.9 Å². The van der Waals surface area contributed by atoms with Crippen LogP contribution in [-0.2, 0) is 0 Å². The average molecular weight is 338 g/mol. The lowest BCUT2D eigenvalue weighted by Gasteiger charge is -2.11. The van der Waals surface area contributed by atoms with E-state index in [0.29, 0.717) is 0 Å². The highest BCUT2D eigenvalue weighted by Crippen LogP contribution is 2.28. The topological polar surface area (TPSA) is 71.2 Å². The molecule has 4 N–H and O–H groups in total. The van der Waals surface area contributed by atoms with Gasteiger partial charge in [0.1, 0.15) is 0 Å². The normalized spacial score (nSPS) is 10.9. The summed E-state index contributed by atoms with van der Waals surface area (Å²) >= 11 is 3.42. The van der Waals surface area contributed by atoms with E-state index in [9.17, 15) is 0 Å². The number of anilines is 2. The zero-order chi connectivity index (χ0) is 14.4. The Kier molecular flexibility index (Phi) is 5.61. The van der Waals surface area contributed by atoms with Gasteiger partial charge in [0.05, 0.1) is 11.2 Å². The number of benzene rings is 1. The average Bonchev–Trinajstić information content (AvgIpc) is 2.45. The van der Waals surface area contributed by atoms with E-state index in [2.05, 4.69) is 26.2 Å². The maximum atomic E-state index is 8.73. The Morgan fingerprint density at radius 3 is 2.80 bits per heavy atom. The van der Waals surface area contributed by atoms with Crippen molar-refractivity contribution in [3.8, 4) is 0 Å². The molecule has 20 heavy (non-hydrogen) atoms. The summed E-state index contributed by atoms with van der Waals surface area (Å²) < 4.78 is 0.929. The van der Waals surface area contributed by atoms with Gasteiger partial charge in [-0.25, -0.2) is 0 Å². The number of fused-ring (bicyclic) bond motifs is 1. The number of hydrogen-bond donors (Lipinski definition) is 3. The van der Waals surface area contributed by atoms with Gasteiger partial charge in [-0.05, 0) is 47.0 Å². The second-order valence-corrected chi connectivity index (χ2v) is 5.73. The largest absolute Gasteiger partial charge is 0.398 e. The fourth-order valence-corrected chi connectivity index (χ4v) is 2.50. The standard InChI is InChI=1S/C15H20BrN3O/c16-11-9-12-13(17)5-6-14(15(12)19-10-11)18-7-3-1-2-4-8-20/h5-6,9-10,18,20H,1-4,7-8,17H2. The van der Waals surface area contributed by atoms with Crippen LogP contribution in [0.1, 0.15) is 25.7 Å². The lowest BCUT2D eigenvalue weighted by Crippen LogP contribution is -2.03. The number of nitrogen functional groups attached to an aromatic ring is 1. The Balaban J connectivity index is 2.02. The van der Waals surface area contributed by atoms with Gasteiger partial charge in [0.2, 0.25) is 0 Å². The number of halogens is 1. The third kappa shape index (κ3) is 3.84. The number of pyridine rings is 1. The summed E-state index contributed by atoms with van der Waals surface area (Å²) in [6, 6.07) is 5.88. The molecule has 0 fully saturated rings. The summed E-state index contributed by atoms with van der Waals surface area (Å²) in [5, 5.41) is 13.1. The minimum Gasteiger partial charge on any atom is -0.398 e. The van der Waals surface area contributed by atoms with E-state index >= 15 is 0 Å². The van der Waals surface area contributed by atoms with Crippen LogP contribution in [0.3, 0.4) is 0 Å². The molecule has 0 unspecified atom stereocenters. The van der Waals surface area contributed by atoms with E-state index in [1.54, 1.807) is 6.20 Å². The lowest BCUT2D eigenvalue weighted by molar-refractivity contribution is 0.283. The van der Waals surface area contributed by atoms with Gasteiger partial charge in [0.15, 0.2) is 0 Å². The summed E-state index contributed by atoms with van der Waals surface area (Å²) in [6.45, 7) is 1.19. The predicted octanol–water partition coefficient (Wildman–Crippen LogP) is 3.54. The second kappa shape index (κ2) is 7.45. The van der Waals surface area contributed by atoms with Gasteiger partial charge in [-0.15, -0.1) is 0 Å². The van der Waals surface area contributed by atoms with Crippen molar-refractivity contribution in [2.75, 3.05) is 24.2 Å². The number of aromatic nitrogens is 1. The fraction of sp³-hybridized carbons (Fsp3) is 0.400. The first-order chi connectivity index (χ1) is 9.72. The zero-order valence-electron chi connectivity index (χ0n) is 11.4. The highest BCUT2D eigenvalue weighted by atomic mass is 79.9. The molecular formula is C15H20BrN3O. The molecule has 1 heterocycles. The van der Waals surface area contributed by atoms with Crippen molar-refractivity contribution in [3.63, 3.8) is 0 Å². The van der Waals surface area contributed by atoms with E-state index in [4.69, 9.17) is 10.8 Å². The first kappa shape index (κ1) is 15.1. The number of nitrogens with one attached hydrogen (secondary N) is 1. The molecule has 0 radical (unpaired) electrons. The van der Waals surface area contributed by atoms with Crippen LogP contribution >= 0.6 is 15.9 Å². The molecule has 0 aliphatic rings. The van der Waals surface area contributed by atoms with Gasteiger partial charge < -0.3 is 16.2 Å². The Hall–Kier alpha value is -1.33. The number of aliphatic hydroxyl groups excluding tert-OH is 1. The number of aliphatic hydroxyl groups is 1. The van der Waals surface area contributed by atoms with Crippen molar-refractivity contribution >= 4 is 38.2 Å². The third-order valence-electron chi connectivity index (χ3n) is 3.25. The monoisotopic (exact) mass is 337 g/mol. The molecule has 0 spiro atoms. The van der Waals surface area contributed by atoms with Crippen molar-refractivity contribution in [3.05, 3.63) is 28.9 Å². The summed E-state index contributed by atoms with van der Waals surface area (Å²) in [6.07, 6.45) is 5.96. The molecule has 2 aromatic rings. The molecule has 0 amide bonds. The SMILES string of the molecule is Nc1ccc(NCCCCCCO)c2ncc(Br)cc12. The molecule has 5 heteroatoms. The molecule has 1 aromatic heterocycles. The minimum absolute atomic E-state index is 0.287. The quantitative estimate of drug-likeness (QED) is 0.533. The maximum absolute atomic E-state index is 8.73. The Morgan fingerprint density at radius 1 is 1.20 bits per heavy atom. The van der Waals surface area contributed by atoms with Gasteiger partial charge in [-0.1, -0.05) is 12.8 Å². The van der Waals surface area contributed by atoms with E-state index in [1.165, 1.54) is 0 Å². The number of unbranched alkanes of at least 4 members (excludes halogenated alkanes) is 3. The van der Waals surface area contributed by atoms with E-state index in [0.717, 1.165) is 59.0 Å². The van der Waals surface area contributed by atoms with Crippen molar-refractivity contribution in [1.82, 2.24) is 4.98 Å². The van der Waals surface area contributed by atoms with E-state index in [1.807, 2.05) is 18.2 Å². The molecule has 1 aromatic carbocycles. The van der Waals surface area contributed by atoms with Crippen molar-refractivity contribution < 1.29 is 5.11 Å². The molecule has 108 valence electrons. The molecular weight excluding hydrogens is 318 g/mol. The Morgan fingerprint density at radius 2 is 2.00 bits per heavy atom. The summed E-state index contributed by atoms with van der Waals surface area (Å²) in [4.78, 5) is 4.45. The lowest BCUT2D eigenvalue weighted by atomic mass is 10.1. The highest BCUT2D eigenvalue weighted by Gasteiger charge is 2.05. The maximum Gasteiger partial charge on any atom is 0.0954 e. The number of nitrogens with zero attached hydrogens (tertiary/aromatic N) is 1. The van der Waals surface area contributed by atoms with Crippen LogP contribution in [0.15, 0.2) is 28.9 Å². The van der Waals surface area contributed by atoms with Crippen molar-refractivity contribution in [1.29, 1.82) is 0 Å². The zero-order valence-corrected chi connectivity index (χ0v) is 13.0. The number of nitrogens with two attached hydrogens (primary N) is 1. The van der Waals surface area contributed by atoms with Crippen LogP contribution in [0.4, 0.5) is 11.4 Å². The smallest absolute Gasteiger partial charge is 0.0954 e. The van der Waals surface area contributed by atoms with Crippen molar-refractivity contribution in [2.24, 2.45) is 0 Å². The van der Waals surface area contributed by atoms with Crippen molar-refractivity contribution in [2.45, 2.75) is 25.7 Å². The van der Waals surface area contributed by atoms with Gasteiger partial charge in [-0.3, -0.25) is 4.98 Å². The first-order valence-corrected chi connectivity index (χ1v) is 7.70. The van der Waals surface area contributed by atoms with Crippen LogP contribution < -0.4 is 11.1 Å². The number of hydrogen-bond acceptors (Lipinski definition) is 4. The Labute approximate surface area is 127 Å². The molecule has 4 nitrogen and oxygen atoms in total. The molecule has 0 aliphatic heterocycles.